The van der Waals surface area contributed by atoms with E-state index < -0.39 is 11.5 Å². The molecule has 0 unspecified atom stereocenters. The van der Waals surface area contributed by atoms with Gasteiger partial charge in [0.1, 0.15) is 20.3 Å². The van der Waals surface area contributed by atoms with Gasteiger partial charge >= 0.3 is 5.63 Å². The number of anilines is 2. The van der Waals surface area contributed by atoms with Gasteiger partial charge in [-0.25, -0.2) is 4.79 Å². The third-order valence-corrected chi connectivity index (χ3v) is 4.27. The summed E-state index contributed by atoms with van der Waals surface area (Å²) in [5.74, 6) is -1.18. The monoisotopic (exact) mass is 430 g/mol. The van der Waals surface area contributed by atoms with E-state index in [-0.39, 0.29) is 41.2 Å². The van der Waals surface area contributed by atoms with Gasteiger partial charge in [-0.1, -0.05) is 11.3 Å². The summed E-state index contributed by atoms with van der Waals surface area (Å²) in [5, 5.41) is 17.3. The highest BCUT2D eigenvalue weighted by Crippen LogP contribution is 2.22. The summed E-state index contributed by atoms with van der Waals surface area (Å²) in [5.41, 5.74) is -0.951. The third kappa shape index (κ3) is 4.90. The Balaban J connectivity index is 1.74. The molecule has 0 saturated carbocycles. The van der Waals surface area contributed by atoms with Gasteiger partial charge in [0.05, 0.1) is 12.8 Å². The lowest BCUT2D eigenvalue weighted by molar-refractivity contribution is -0.114. The van der Waals surface area contributed by atoms with Crippen molar-refractivity contribution in [2.45, 2.75) is 6.92 Å². The molecule has 0 fully saturated rings. The molecule has 0 aliphatic heterocycles. The van der Waals surface area contributed by atoms with Crippen molar-refractivity contribution in [2.24, 2.45) is 0 Å². The summed E-state index contributed by atoms with van der Waals surface area (Å²) in [7, 11) is 7.26. The maximum Gasteiger partial charge on any atom is 0.378 e. The maximum atomic E-state index is 12.4. The van der Waals surface area contributed by atoms with E-state index in [2.05, 4.69) is 25.9 Å². The number of hydrogen-bond donors (Lipinski definition) is 2. The van der Waals surface area contributed by atoms with E-state index in [9.17, 15) is 14.4 Å². The number of methoxy groups -OCH3 is 1. The zero-order valence-electron chi connectivity index (χ0n) is 15.9. The van der Waals surface area contributed by atoms with Crippen LogP contribution in [0.3, 0.4) is 0 Å². The average molecular weight is 430 g/mol. The summed E-state index contributed by atoms with van der Waals surface area (Å²) in [6, 6.07) is 2.75. The second-order valence-corrected chi connectivity index (χ2v) is 6.63. The van der Waals surface area contributed by atoms with Gasteiger partial charge in [0.15, 0.2) is 11.5 Å². The van der Waals surface area contributed by atoms with E-state index in [4.69, 9.17) is 21.7 Å². The molecule has 0 aromatic carbocycles. The molecule has 2 N–H and O–H groups in total. The molecular weight excluding hydrogens is 415 g/mol. The lowest BCUT2D eigenvalue weighted by Gasteiger charge is -2.08. The normalized spacial score (nSPS) is 10.6. The molecule has 0 aliphatic rings. The van der Waals surface area contributed by atoms with Crippen LogP contribution in [-0.2, 0) is 9.53 Å². The van der Waals surface area contributed by atoms with Crippen LogP contribution >= 0.6 is 11.3 Å². The van der Waals surface area contributed by atoms with Gasteiger partial charge in [0.25, 0.3) is 5.91 Å². The van der Waals surface area contributed by atoms with E-state index in [0.717, 1.165) is 11.3 Å². The topological polar surface area (TPSA) is 150 Å². The maximum absolute atomic E-state index is 12.4. The Morgan fingerprint density at radius 2 is 2.10 bits per heavy atom. The molecule has 14 heteroatoms. The molecule has 0 spiro atoms. The highest BCUT2D eigenvalue weighted by Gasteiger charge is 2.18. The highest BCUT2D eigenvalue weighted by molar-refractivity contribution is 7.17. The van der Waals surface area contributed by atoms with Crippen LogP contribution in [0, 0.1) is 0 Å². The van der Waals surface area contributed by atoms with Gasteiger partial charge in [-0.2, -0.15) is 9.78 Å². The van der Waals surface area contributed by atoms with Crippen molar-refractivity contribution in [1.29, 1.82) is 0 Å². The standard InChI is InChI=1S/C16H15BN6O6S/c1-8(24)19-11-3-4-18-23(11)16-22-21-15(30-16)20-13(25)10-7-9(17)12(14(26)29-10)28-6-5-27-2/h3-4,7H,5-6H2,1-2H3,(H,19,24)(H,20,21,25). The largest absolute Gasteiger partial charge is 0.484 e. The van der Waals surface area contributed by atoms with Gasteiger partial charge in [-0.3, -0.25) is 14.9 Å². The lowest BCUT2D eigenvalue weighted by atomic mass is 9.96. The van der Waals surface area contributed by atoms with Crippen molar-refractivity contribution in [3.05, 3.63) is 34.5 Å². The summed E-state index contributed by atoms with van der Waals surface area (Å²) >= 11 is 0.985. The van der Waals surface area contributed by atoms with Crippen LogP contribution in [0.5, 0.6) is 5.75 Å². The van der Waals surface area contributed by atoms with Gasteiger partial charge in [0, 0.05) is 20.1 Å². The number of rotatable bonds is 8. The second kappa shape index (κ2) is 9.32. The molecule has 0 bridgehead atoms. The van der Waals surface area contributed by atoms with Gasteiger partial charge in [-0.05, 0) is 11.5 Å². The van der Waals surface area contributed by atoms with Crippen LogP contribution in [0.25, 0.3) is 5.13 Å². The number of ether oxygens (including phenoxy) is 2. The molecule has 154 valence electrons. The highest BCUT2D eigenvalue weighted by atomic mass is 32.1. The number of nitrogens with zero attached hydrogens (tertiary/aromatic N) is 4. The molecule has 12 nitrogen and oxygen atoms in total. The van der Waals surface area contributed by atoms with E-state index in [1.807, 2.05) is 0 Å². The van der Waals surface area contributed by atoms with Crippen molar-refractivity contribution < 1.29 is 23.5 Å². The predicted octanol–water partition coefficient (Wildman–Crippen LogP) is -0.293. The smallest absolute Gasteiger partial charge is 0.378 e. The van der Waals surface area contributed by atoms with E-state index in [1.54, 1.807) is 6.07 Å². The van der Waals surface area contributed by atoms with Crippen LogP contribution in [0.2, 0.25) is 0 Å². The van der Waals surface area contributed by atoms with Gasteiger partial charge in [-0.15, -0.1) is 10.2 Å². The zero-order valence-corrected chi connectivity index (χ0v) is 16.7. The van der Waals surface area contributed by atoms with Crippen LogP contribution in [0.1, 0.15) is 17.5 Å². The van der Waals surface area contributed by atoms with E-state index >= 15 is 0 Å². The fourth-order valence-corrected chi connectivity index (χ4v) is 2.93. The molecular formula is C16H15BN6O6S. The predicted molar refractivity (Wildman–Crippen MR) is 107 cm³/mol. The van der Waals surface area contributed by atoms with Crippen molar-refractivity contribution in [3.63, 3.8) is 0 Å². The van der Waals surface area contributed by atoms with Crippen LogP contribution in [0.15, 0.2) is 27.5 Å². The molecule has 2 amide bonds. The third-order valence-electron chi connectivity index (χ3n) is 3.46. The van der Waals surface area contributed by atoms with Crippen molar-refractivity contribution in [2.75, 3.05) is 31.0 Å². The van der Waals surface area contributed by atoms with Gasteiger partial charge < -0.3 is 19.2 Å². The first-order valence-corrected chi connectivity index (χ1v) is 9.23. The van der Waals surface area contributed by atoms with Crippen molar-refractivity contribution >= 4 is 47.4 Å². The van der Waals surface area contributed by atoms with Crippen LogP contribution < -0.4 is 26.5 Å². The minimum Gasteiger partial charge on any atom is -0.484 e. The summed E-state index contributed by atoms with van der Waals surface area (Å²) in [4.78, 5) is 35.7. The Morgan fingerprint density at radius 1 is 1.30 bits per heavy atom. The minimum atomic E-state index is -0.898. The fourth-order valence-electron chi connectivity index (χ4n) is 2.22. The number of hydrogen-bond acceptors (Lipinski definition) is 10. The summed E-state index contributed by atoms with van der Waals surface area (Å²) < 4.78 is 16.3. The van der Waals surface area contributed by atoms with Crippen molar-refractivity contribution in [1.82, 2.24) is 20.0 Å². The van der Waals surface area contributed by atoms with Gasteiger partial charge in [0.2, 0.25) is 16.2 Å². The molecule has 3 rings (SSSR count). The Bertz CT molecular complexity index is 1130. The Labute approximate surface area is 174 Å². The molecule has 3 heterocycles. The number of carbonyl (C=O) groups is 2. The molecule has 2 radical (unpaired) electrons. The van der Waals surface area contributed by atoms with Crippen LogP contribution in [-0.4, -0.2) is 60.0 Å². The number of carbonyl (C=O) groups excluding carboxylic acids is 2. The first-order chi connectivity index (χ1) is 14.4. The quantitative estimate of drug-likeness (QED) is 0.363. The minimum absolute atomic E-state index is 0.0538. The molecule has 0 atom stereocenters. The lowest BCUT2D eigenvalue weighted by Crippen LogP contribution is -2.24. The number of aromatic nitrogens is 4. The Morgan fingerprint density at radius 3 is 2.80 bits per heavy atom. The molecule has 3 aromatic heterocycles. The van der Waals surface area contributed by atoms with E-state index in [1.165, 1.54) is 31.0 Å². The molecule has 0 aliphatic carbocycles. The summed E-state index contributed by atoms with van der Waals surface area (Å²) in [6.45, 7) is 1.70. The number of nitrogens with one attached hydrogen (secondary N) is 2. The molecule has 3 aromatic rings. The SMILES string of the molecule is [B]c1cc(C(=O)Nc2nnc(-n3nccc3NC(C)=O)s2)oc(=O)c1OCCOC. The first kappa shape index (κ1) is 21.2. The molecule has 30 heavy (non-hydrogen) atoms. The zero-order chi connectivity index (χ0) is 21.7. The second-order valence-electron chi connectivity index (χ2n) is 5.68. The number of amides is 2. The summed E-state index contributed by atoms with van der Waals surface area (Å²) in [6.07, 6.45) is 1.47. The average Bonchev–Trinajstić information content (AvgIpc) is 3.32. The Kier molecular flexibility index (Phi) is 6.59. The fraction of sp³-hybridized carbons (Fsp3) is 0.250. The molecule has 0 saturated heterocycles. The Hall–Kier alpha value is -3.52. The van der Waals surface area contributed by atoms with Crippen molar-refractivity contribution in [3.8, 4) is 10.9 Å². The first-order valence-electron chi connectivity index (χ1n) is 8.41. The van der Waals surface area contributed by atoms with Crippen LogP contribution in [0.4, 0.5) is 10.9 Å². The van der Waals surface area contributed by atoms with E-state index in [0.29, 0.717) is 10.9 Å².